The fraction of sp³-hybridized carbons (Fsp3) is 0.464. The Balaban J connectivity index is 0.872. The number of hydrogen-bond acceptors (Lipinski definition) is 11. The molecule has 16 unspecified atom stereocenters. The van der Waals surface area contributed by atoms with Gasteiger partial charge in [0.15, 0.2) is 17.8 Å². The molecule has 95 heavy (non-hydrogen) atoms. The monoisotopic (exact) mass is 1270 g/mol. The standard InChI is InChI=1S/C84H84O11/c1-91-46-54(33-36-85)75-68(45-87)64-31-32-72-76(77(64)93-81(75)90)78-79-83(95-72)35-10-34-82-43-52-22-21-51(39-66(80(89)94-79)53(44-86)13-3-2-12-48-40-71(82)67(42-73(82)83)62-17-6-5-16-59(48)62)61-29-25-50(38-65(52)61)58-28-24-49(37-55(58)41-74(88)92-78)60-18-9-20-70-63(60)30-27-57-15-8-14-56-26-23-47-11-4-7-19-69(47)84(56,57)70/h4-7,9,11,16-20,23-26,28-29,31-32,38,40,49,51-52,54-58,67,71,73,78-79,85-87H,8,10,12-15,21-22,27,30,33-37,39,41-46H2,1H3. The number of hydrogen-bond donors (Lipinski definition) is 3. The zero-order valence-electron chi connectivity index (χ0n) is 54.3. The van der Waals surface area contributed by atoms with E-state index >= 15 is 14.4 Å². The van der Waals surface area contributed by atoms with Crippen LogP contribution >= 0.6 is 0 Å². The van der Waals surface area contributed by atoms with E-state index in [0.717, 1.165) is 44.9 Å². The maximum absolute atomic E-state index is 16.4. The van der Waals surface area contributed by atoms with Crippen molar-refractivity contribution < 1.29 is 48.3 Å². The Bertz CT molecular complexity index is 4450. The minimum absolute atomic E-state index is 0.00960. The molecule has 486 valence electrons. The van der Waals surface area contributed by atoms with Gasteiger partial charge in [0.25, 0.3) is 0 Å². The molecule has 3 N–H and O–H groups in total. The minimum Gasteiger partial charge on any atom is -0.482 e. The van der Waals surface area contributed by atoms with E-state index in [1.54, 1.807) is 0 Å². The van der Waals surface area contributed by atoms with E-state index in [9.17, 15) is 15.3 Å². The third kappa shape index (κ3) is 8.87. The van der Waals surface area contributed by atoms with Gasteiger partial charge in [-0.1, -0.05) is 134 Å². The predicted molar refractivity (Wildman–Crippen MR) is 363 cm³/mol. The highest BCUT2D eigenvalue weighted by Gasteiger charge is 2.71. The number of methoxy groups -OCH3 is 1. The maximum Gasteiger partial charge on any atom is 0.340 e. The fourth-order valence-electron chi connectivity index (χ4n) is 22.9. The lowest BCUT2D eigenvalue weighted by molar-refractivity contribution is -0.222. The van der Waals surface area contributed by atoms with Gasteiger partial charge in [0.05, 0.1) is 25.4 Å². The van der Waals surface area contributed by atoms with Gasteiger partial charge in [-0.2, -0.15) is 0 Å². The maximum atomic E-state index is 16.4. The van der Waals surface area contributed by atoms with Crippen molar-refractivity contribution in [2.24, 2.45) is 35.0 Å². The molecule has 16 atom stereocenters. The van der Waals surface area contributed by atoms with E-state index < -0.39 is 59.9 Å². The van der Waals surface area contributed by atoms with Crippen LogP contribution in [0.3, 0.4) is 0 Å². The molecule has 0 radical (unpaired) electrons. The van der Waals surface area contributed by atoms with Crippen molar-refractivity contribution in [2.75, 3.05) is 26.9 Å². The first-order valence-corrected chi connectivity index (χ1v) is 35.8. The van der Waals surface area contributed by atoms with Crippen LogP contribution in [0.1, 0.15) is 223 Å². The minimum atomic E-state index is -1.37. The van der Waals surface area contributed by atoms with E-state index in [4.69, 9.17) is 23.4 Å². The zero-order valence-corrected chi connectivity index (χ0v) is 54.3. The third-order valence-corrected chi connectivity index (χ3v) is 26.6. The number of carbonyl (C=O) groups excluding carboxylic acids is 2. The van der Waals surface area contributed by atoms with E-state index in [2.05, 4.69) is 127 Å². The first-order valence-electron chi connectivity index (χ1n) is 35.8. The summed E-state index contributed by atoms with van der Waals surface area (Å²) >= 11 is 0. The average molecular weight is 1270 g/mol. The van der Waals surface area contributed by atoms with Crippen molar-refractivity contribution >= 4 is 34.6 Å². The highest BCUT2D eigenvalue weighted by molar-refractivity contribution is 5.91. The second-order valence-corrected chi connectivity index (χ2v) is 30.4. The van der Waals surface area contributed by atoms with Gasteiger partial charge in [-0.3, -0.25) is 4.79 Å². The largest absolute Gasteiger partial charge is 0.482 e. The van der Waals surface area contributed by atoms with Crippen molar-refractivity contribution in [3.05, 3.63) is 215 Å². The van der Waals surface area contributed by atoms with E-state index in [1.807, 2.05) is 12.1 Å². The van der Waals surface area contributed by atoms with Gasteiger partial charge in [-0.25, -0.2) is 9.59 Å². The lowest BCUT2D eigenvalue weighted by Crippen LogP contribution is -2.65. The molecule has 11 nitrogen and oxygen atoms in total. The number of esters is 2. The molecule has 5 aliphatic heterocycles. The van der Waals surface area contributed by atoms with Gasteiger partial charge >= 0.3 is 17.6 Å². The van der Waals surface area contributed by atoms with Gasteiger partial charge in [0.1, 0.15) is 11.3 Å². The van der Waals surface area contributed by atoms with Crippen LogP contribution in [0, 0.1) is 46.8 Å². The zero-order chi connectivity index (χ0) is 64.1. The molecule has 5 aromatic carbocycles. The van der Waals surface area contributed by atoms with Crippen molar-refractivity contribution in [3.63, 3.8) is 0 Å². The SMILES string of the molecule is COCC(CCO)c1c(CO)c2ccc3c(c2oc1=O)C1OC(=O)CC2CC(c4cccc5c4CCC4CCCC6C=Cc7ccccc7C564)C=CC2c2ccc4c(c2)C2CCC4CC4=C(CO)CC#CCC5=CC6C(CC7C6(CCCC7(O3)C1OC4=O)C2)c1ccccc15. The molecular weight excluding hydrogens is 1180 g/mol. The summed E-state index contributed by atoms with van der Waals surface area (Å²) in [5.41, 5.74) is 13.7. The Kier molecular flexibility index (Phi) is 14.5. The molecule has 0 amide bonds. The van der Waals surface area contributed by atoms with Crippen LogP contribution in [0.15, 0.2) is 142 Å². The molecule has 4 fully saturated rings. The van der Waals surface area contributed by atoms with E-state index in [0.29, 0.717) is 71.8 Å². The van der Waals surface area contributed by atoms with Crippen molar-refractivity contribution in [1.82, 2.24) is 0 Å². The van der Waals surface area contributed by atoms with Crippen molar-refractivity contribution in [3.8, 4) is 17.6 Å². The normalized spacial score (nSPS) is 33.6. The summed E-state index contributed by atoms with van der Waals surface area (Å²) in [7, 11) is 1.54. The third-order valence-electron chi connectivity index (χ3n) is 26.6. The van der Waals surface area contributed by atoms with Gasteiger partial charge in [-0.05, 0) is 221 Å². The van der Waals surface area contributed by atoms with Crippen LogP contribution in [0.2, 0.25) is 0 Å². The first-order chi connectivity index (χ1) is 46.6. The predicted octanol–water partition coefficient (Wildman–Crippen LogP) is 15.1. The Hall–Kier alpha value is -7.59. The summed E-state index contributed by atoms with van der Waals surface area (Å²) in [5, 5.41) is 33.9. The van der Waals surface area contributed by atoms with Gasteiger partial charge in [0.2, 0.25) is 0 Å². The van der Waals surface area contributed by atoms with Gasteiger partial charge in [-0.15, -0.1) is 0 Å². The summed E-state index contributed by atoms with van der Waals surface area (Å²) in [5.74, 6) is 6.23. The van der Waals surface area contributed by atoms with Crippen LogP contribution in [0.5, 0.6) is 5.75 Å². The van der Waals surface area contributed by atoms with Crippen molar-refractivity contribution in [1.29, 1.82) is 0 Å². The second kappa shape index (κ2) is 23.0. The molecule has 8 aliphatic carbocycles. The average Bonchev–Trinajstić information content (AvgIpc) is 1.62. The molecule has 12 bridgehead atoms. The molecule has 11 heteroatoms. The lowest BCUT2D eigenvalue weighted by Gasteiger charge is -2.58. The number of aliphatic hydroxyl groups is 3. The molecule has 1 aromatic heterocycles. The number of allylic oxidation sites excluding steroid dienone is 5. The number of rotatable bonds is 8. The number of aliphatic hydroxyl groups excluding tert-OH is 3. The summed E-state index contributed by atoms with van der Waals surface area (Å²) in [6, 6.07) is 36.0. The molecule has 19 rings (SSSR count). The number of ether oxygens (including phenoxy) is 4. The number of benzene rings is 5. The molecule has 3 saturated carbocycles. The van der Waals surface area contributed by atoms with E-state index in [-0.39, 0.29) is 102 Å². The quantitative estimate of drug-likeness (QED) is 0.0576. The molecule has 2 spiro atoms. The topological polar surface area (TPSA) is 162 Å². The van der Waals surface area contributed by atoms with Crippen LogP contribution in [0.4, 0.5) is 0 Å². The summed E-state index contributed by atoms with van der Waals surface area (Å²) in [6.45, 7) is -1.09. The van der Waals surface area contributed by atoms with E-state index in [1.165, 1.54) is 87.6 Å². The molecule has 6 aromatic rings. The highest BCUT2D eigenvalue weighted by Crippen LogP contribution is 2.73. The molecule has 1 saturated heterocycles. The van der Waals surface area contributed by atoms with Crippen LogP contribution < -0.4 is 10.4 Å². The number of fused-ring (bicyclic) bond motifs is 13. The van der Waals surface area contributed by atoms with Crippen LogP contribution in [0.25, 0.3) is 22.6 Å². The summed E-state index contributed by atoms with van der Waals surface area (Å²) < 4.78 is 35.2. The van der Waals surface area contributed by atoms with Gasteiger partial charge < -0.3 is 38.7 Å². The molecular formula is C84H84O11. The fourth-order valence-corrected chi connectivity index (χ4v) is 22.9. The Morgan fingerprint density at radius 3 is 2.49 bits per heavy atom. The first kappa shape index (κ1) is 59.9. The summed E-state index contributed by atoms with van der Waals surface area (Å²) in [4.78, 5) is 47.9. The summed E-state index contributed by atoms with van der Waals surface area (Å²) in [6.07, 6.45) is 22.8. The van der Waals surface area contributed by atoms with Gasteiger partial charge in [0, 0.05) is 78.6 Å². The van der Waals surface area contributed by atoms with Crippen molar-refractivity contribution in [2.45, 2.75) is 181 Å². The van der Waals surface area contributed by atoms with Crippen LogP contribution in [-0.2, 0) is 42.2 Å². The Labute approximate surface area is 555 Å². The Morgan fingerprint density at radius 1 is 0.758 bits per heavy atom. The second-order valence-electron chi connectivity index (χ2n) is 30.4. The smallest absolute Gasteiger partial charge is 0.340 e. The number of carbonyl (C=O) groups is 2. The molecule has 6 heterocycles. The Morgan fingerprint density at radius 2 is 1.61 bits per heavy atom. The highest BCUT2D eigenvalue weighted by atomic mass is 16.6. The lowest BCUT2D eigenvalue weighted by atomic mass is 9.48. The van der Waals surface area contributed by atoms with Crippen LogP contribution in [-0.4, -0.2) is 65.9 Å². The molecule has 13 aliphatic rings.